The van der Waals surface area contributed by atoms with Crippen molar-refractivity contribution in [3.8, 4) is 40.2 Å². The Labute approximate surface area is 255 Å². The Morgan fingerprint density at radius 2 is 1.74 bits per heavy atom. The van der Waals surface area contributed by atoms with Crippen molar-refractivity contribution in [2.75, 3.05) is 13.2 Å². The average molecular weight is 599 g/mol. The third kappa shape index (κ3) is 7.20. The Balaban J connectivity index is 1.37. The van der Waals surface area contributed by atoms with Gasteiger partial charge in [0.25, 0.3) is 0 Å². The van der Waals surface area contributed by atoms with E-state index >= 15 is 0 Å². The molecule has 1 aliphatic heterocycles. The van der Waals surface area contributed by atoms with E-state index in [-0.39, 0.29) is 19.8 Å². The predicted molar refractivity (Wildman–Crippen MR) is 163 cm³/mol. The highest BCUT2D eigenvalue weighted by atomic mass is 35.5. The van der Waals surface area contributed by atoms with Crippen molar-refractivity contribution in [3.05, 3.63) is 106 Å². The molecule has 0 bridgehead atoms. The molecule has 2 N–H and O–H groups in total. The fourth-order valence-corrected chi connectivity index (χ4v) is 4.96. The highest BCUT2D eigenvalue weighted by Gasteiger charge is 2.17. The lowest BCUT2D eigenvalue weighted by molar-refractivity contribution is -0.139. The molecule has 0 aromatic heterocycles. The quantitative estimate of drug-likeness (QED) is 0.197. The molecule has 4 aromatic carbocycles. The number of aliphatic carboxylic acids is 1. The first-order chi connectivity index (χ1) is 20.8. The molecule has 8 nitrogen and oxygen atoms in total. The van der Waals surface area contributed by atoms with Crippen LogP contribution in [0.25, 0.3) is 11.1 Å². The lowest BCUT2D eigenvalue weighted by Crippen LogP contribution is -2.33. The van der Waals surface area contributed by atoms with Gasteiger partial charge in [0.2, 0.25) is 0 Å². The number of nitrogens with zero attached hydrogens (tertiary/aromatic N) is 1. The van der Waals surface area contributed by atoms with Crippen molar-refractivity contribution in [2.45, 2.75) is 39.6 Å². The molecule has 1 atom stereocenters. The van der Waals surface area contributed by atoms with E-state index in [1.165, 1.54) is 0 Å². The fraction of sp³-hybridized carbons (Fsp3) is 0.235. The molecule has 0 radical (unpaired) electrons. The van der Waals surface area contributed by atoms with E-state index in [4.69, 9.17) is 30.5 Å². The summed E-state index contributed by atoms with van der Waals surface area (Å²) in [6, 6.07) is 24.0. The summed E-state index contributed by atoms with van der Waals surface area (Å²) in [5.41, 5.74) is 6.16. The summed E-state index contributed by atoms with van der Waals surface area (Å²) in [4.78, 5) is 11.3. The van der Waals surface area contributed by atoms with Crippen molar-refractivity contribution >= 4 is 17.6 Å². The molecule has 220 valence electrons. The molecule has 0 amide bonds. The van der Waals surface area contributed by atoms with E-state index in [0.717, 1.165) is 39.3 Å². The van der Waals surface area contributed by atoms with E-state index in [2.05, 4.69) is 24.4 Å². The number of hydrogen-bond donors (Lipinski definition) is 2. The largest absolute Gasteiger partial charge is 0.488 e. The SMILES string of the molecule is Cc1c(COc2cc(OCc3cccc(C#N)c3)c(CNC(C)C(=O)O)cc2Cl)cccc1-c1ccc2c(c1)OCCO2. The molecule has 0 aliphatic carbocycles. The molecule has 0 saturated carbocycles. The van der Waals surface area contributed by atoms with E-state index < -0.39 is 12.0 Å². The number of halogens is 1. The molecule has 1 aliphatic rings. The number of carboxylic acid groups (broad SMARTS) is 1. The minimum absolute atomic E-state index is 0.203. The van der Waals surface area contributed by atoms with Crippen LogP contribution >= 0.6 is 11.6 Å². The van der Waals surface area contributed by atoms with Crippen LogP contribution in [0.3, 0.4) is 0 Å². The topological polar surface area (TPSA) is 110 Å². The third-order valence-electron chi connectivity index (χ3n) is 7.22. The summed E-state index contributed by atoms with van der Waals surface area (Å²) in [5, 5.41) is 21.9. The number of carboxylic acids is 1. The first-order valence-corrected chi connectivity index (χ1v) is 14.2. The van der Waals surface area contributed by atoms with Crippen molar-refractivity contribution in [1.29, 1.82) is 5.26 Å². The minimum Gasteiger partial charge on any atom is -0.488 e. The van der Waals surface area contributed by atoms with Crippen LogP contribution < -0.4 is 24.3 Å². The van der Waals surface area contributed by atoms with Gasteiger partial charge in [-0.1, -0.05) is 48.0 Å². The van der Waals surface area contributed by atoms with Crippen LogP contribution in [0.2, 0.25) is 5.02 Å². The molecule has 0 fully saturated rings. The van der Waals surface area contributed by atoms with E-state index in [9.17, 15) is 15.2 Å². The number of nitriles is 1. The molecule has 1 heterocycles. The van der Waals surface area contributed by atoms with Crippen molar-refractivity contribution in [2.24, 2.45) is 0 Å². The second-order valence-electron chi connectivity index (χ2n) is 10.2. The van der Waals surface area contributed by atoms with Gasteiger partial charge in [0.05, 0.1) is 16.7 Å². The maximum absolute atomic E-state index is 11.3. The van der Waals surface area contributed by atoms with Crippen LogP contribution in [0.5, 0.6) is 23.0 Å². The molecule has 9 heteroatoms. The lowest BCUT2D eigenvalue weighted by atomic mass is 9.96. The third-order valence-corrected chi connectivity index (χ3v) is 7.51. The van der Waals surface area contributed by atoms with Crippen molar-refractivity contribution < 1.29 is 28.8 Å². The second kappa shape index (κ2) is 13.5. The number of fused-ring (bicyclic) bond motifs is 1. The van der Waals surface area contributed by atoms with Crippen molar-refractivity contribution in [1.82, 2.24) is 5.32 Å². The van der Waals surface area contributed by atoms with E-state index in [1.807, 2.05) is 36.4 Å². The first-order valence-electron chi connectivity index (χ1n) is 13.8. The normalized spacial score (nSPS) is 12.7. The van der Waals surface area contributed by atoms with Crippen LogP contribution in [0.1, 0.15) is 34.7 Å². The summed E-state index contributed by atoms with van der Waals surface area (Å²) in [5.74, 6) is 1.44. The molecular formula is C34H31ClN2O6. The lowest BCUT2D eigenvalue weighted by Gasteiger charge is -2.20. The highest BCUT2D eigenvalue weighted by molar-refractivity contribution is 6.32. The van der Waals surface area contributed by atoms with Crippen LogP contribution in [-0.2, 0) is 24.6 Å². The summed E-state index contributed by atoms with van der Waals surface area (Å²) in [6.45, 7) is 5.37. The monoisotopic (exact) mass is 598 g/mol. The maximum atomic E-state index is 11.3. The molecule has 4 aromatic rings. The van der Waals surface area contributed by atoms with Gasteiger partial charge in [-0.2, -0.15) is 5.26 Å². The molecule has 0 spiro atoms. The van der Waals surface area contributed by atoms with Gasteiger partial charge >= 0.3 is 5.97 Å². The zero-order valence-corrected chi connectivity index (χ0v) is 24.6. The number of ether oxygens (including phenoxy) is 4. The Kier molecular flexibility index (Phi) is 9.35. The van der Waals surface area contributed by atoms with Gasteiger partial charge in [-0.25, -0.2) is 0 Å². The van der Waals surface area contributed by atoms with Crippen LogP contribution in [0, 0.1) is 18.3 Å². The molecule has 0 saturated heterocycles. The smallest absolute Gasteiger partial charge is 0.320 e. The van der Waals surface area contributed by atoms with Gasteiger partial charge in [0, 0.05) is 18.2 Å². The highest BCUT2D eigenvalue weighted by Crippen LogP contribution is 2.37. The first kappa shape index (κ1) is 29.8. The van der Waals surface area contributed by atoms with Crippen LogP contribution in [-0.4, -0.2) is 30.3 Å². The van der Waals surface area contributed by atoms with E-state index in [1.54, 1.807) is 37.3 Å². The molecule has 43 heavy (non-hydrogen) atoms. The van der Waals surface area contributed by atoms with Gasteiger partial charge < -0.3 is 29.4 Å². The Bertz CT molecular complexity index is 1680. The predicted octanol–water partition coefficient (Wildman–Crippen LogP) is 6.68. The molecule has 5 rings (SSSR count). The minimum atomic E-state index is -0.962. The van der Waals surface area contributed by atoms with E-state index in [0.29, 0.717) is 40.9 Å². The van der Waals surface area contributed by atoms with Gasteiger partial charge in [-0.3, -0.25) is 4.79 Å². The maximum Gasteiger partial charge on any atom is 0.320 e. The Morgan fingerprint density at radius 3 is 2.53 bits per heavy atom. The Morgan fingerprint density at radius 1 is 0.977 bits per heavy atom. The van der Waals surface area contributed by atoms with Gasteiger partial charge in [0.1, 0.15) is 44.0 Å². The molecule has 1 unspecified atom stereocenters. The van der Waals surface area contributed by atoms with Gasteiger partial charge in [-0.15, -0.1) is 0 Å². The summed E-state index contributed by atoms with van der Waals surface area (Å²) < 4.78 is 23.8. The van der Waals surface area contributed by atoms with Gasteiger partial charge in [0.15, 0.2) is 11.5 Å². The fourth-order valence-electron chi connectivity index (χ4n) is 4.72. The summed E-state index contributed by atoms with van der Waals surface area (Å²) in [7, 11) is 0. The zero-order valence-electron chi connectivity index (χ0n) is 23.9. The average Bonchev–Trinajstić information content (AvgIpc) is 3.02. The number of carbonyl (C=O) groups is 1. The van der Waals surface area contributed by atoms with Crippen molar-refractivity contribution in [3.63, 3.8) is 0 Å². The van der Waals surface area contributed by atoms with Gasteiger partial charge in [-0.05, 0) is 72.0 Å². The molecular weight excluding hydrogens is 568 g/mol. The van der Waals surface area contributed by atoms with Crippen LogP contribution in [0.4, 0.5) is 0 Å². The number of hydrogen-bond acceptors (Lipinski definition) is 7. The number of nitrogens with one attached hydrogen (secondary N) is 1. The number of rotatable bonds is 11. The Hall–Kier alpha value is -4.71. The zero-order chi connectivity index (χ0) is 30.3. The standard InChI is InChI=1S/C34H31ClN2O6/c1-21-26(7-4-8-28(21)25-9-10-30-33(15-25)41-12-11-40-30)20-43-32-16-31(42-19-24-6-3-5-23(13-24)17-36)27(14-29(32)35)18-37-22(2)34(38)39/h3-10,13-16,22,37H,11-12,18-20H2,1-2H3,(H,38,39). The van der Waals surface area contributed by atoms with Crippen LogP contribution in [0.15, 0.2) is 72.8 Å². The summed E-state index contributed by atoms with van der Waals surface area (Å²) >= 11 is 6.65. The second-order valence-corrected chi connectivity index (χ2v) is 10.6. The summed E-state index contributed by atoms with van der Waals surface area (Å²) in [6.07, 6.45) is 0. The number of benzene rings is 4.